The van der Waals surface area contributed by atoms with Gasteiger partial charge in [-0.25, -0.2) is 4.21 Å². The van der Waals surface area contributed by atoms with Gasteiger partial charge in [0.1, 0.15) is 0 Å². The molecule has 80 valence electrons. The van der Waals surface area contributed by atoms with Crippen molar-refractivity contribution >= 4 is 10.8 Å². The van der Waals surface area contributed by atoms with Crippen LogP contribution in [0, 0.1) is 0 Å². The Labute approximate surface area is 92.4 Å². The van der Waals surface area contributed by atoms with Crippen LogP contribution in [-0.2, 0) is 10.8 Å². The van der Waals surface area contributed by atoms with Crippen LogP contribution in [0.4, 0.5) is 0 Å². The van der Waals surface area contributed by atoms with E-state index in [1.54, 1.807) is 0 Å². The molecule has 2 nitrogen and oxygen atoms in total. The van der Waals surface area contributed by atoms with Crippen LogP contribution >= 0.6 is 0 Å². The number of hydrogen-bond donors (Lipinski definition) is 1. The van der Waals surface area contributed by atoms with Crippen molar-refractivity contribution in [3.63, 3.8) is 0 Å². The second-order valence-corrected chi connectivity index (χ2v) is 4.51. The van der Waals surface area contributed by atoms with E-state index < -0.39 is 10.8 Å². The molecule has 1 unspecified atom stereocenters. The Morgan fingerprint density at radius 2 is 2.07 bits per heavy atom. The summed E-state index contributed by atoms with van der Waals surface area (Å²) in [5.74, 6) is 0. The van der Waals surface area contributed by atoms with Crippen molar-refractivity contribution in [3.8, 4) is 0 Å². The minimum Gasteiger partial charge on any atom is -0.396 e. The average Bonchev–Trinajstić information content (AvgIpc) is 2.31. The van der Waals surface area contributed by atoms with E-state index in [1.807, 2.05) is 30.3 Å². The van der Waals surface area contributed by atoms with Gasteiger partial charge in [0.2, 0.25) is 0 Å². The molecule has 0 aromatic heterocycles. The highest BCUT2D eigenvalue weighted by atomic mass is 32.2. The van der Waals surface area contributed by atoms with E-state index in [0.29, 0.717) is 17.7 Å². The largest absolute Gasteiger partial charge is 0.396 e. The average molecular weight is 222 g/mol. The van der Waals surface area contributed by atoms with Crippen LogP contribution in [0.15, 0.2) is 52.4 Å². The molecule has 1 aromatic rings. The predicted octanol–water partition coefficient (Wildman–Crippen LogP) is 2.24. The smallest absolute Gasteiger partial charge is 0.0886 e. The Balaban J connectivity index is 2.80. The lowest BCUT2D eigenvalue weighted by molar-refractivity contribution is 0.289. The van der Waals surface area contributed by atoms with Crippen molar-refractivity contribution in [2.75, 3.05) is 6.61 Å². The fourth-order valence-corrected chi connectivity index (χ4v) is 2.32. The van der Waals surface area contributed by atoms with Crippen LogP contribution in [0.1, 0.15) is 12.8 Å². The van der Waals surface area contributed by atoms with Crippen molar-refractivity contribution in [2.24, 2.45) is 0 Å². The Bertz CT molecular complexity index is 378. The third-order valence-corrected chi connectivity index (χ3v) is 3.44. The van der Waals surface area contributed by atoms with Crippen molar-refractivity contribution in [1.29, 1.82) is 0 Å². The zero-order chi connectivity index (χ0) is 11.1. The third kappa shape index (κ3) is 3.48. The lowest BCUT2D eigenvalue weighted by Gasteiger charge is -2.03. The molecule has 1 atom stereocenters. The van der Waals surface area contributed by atoms with Crippen LogP contribution in [0.25, 0.3) is 0 Å². The van der Waals surface area contributed by atoms with Crippen molar-refractivity contribution in [1.82, 2.24) is 0 Å². The topological polar surface area (TPSA) is 37.3 Å². The summed E-state index contributed by atoms with van der Waals surface area (Å²) in [4.78, 5) is 1.40. The summed E-state index contributed by atoms with van der Waals surface area (Å²) in [6.45, 7) is 3.62. The molecule has 0 aliphatic rings. The van der Waals surface area contributed by atoms with Gasteiger partial charge < -0.3 is 5.11 Å². The zero-order valence-electron chi connectivity index (χ0n) is 8.48. The SMILES string of the molecule is C=C=C(CCCO)S(=O)c1ccccc1. The number of benzene rings is 1. The molecule has 1 rings (SSSR count). The summed E-state index contributed by atoms with van der Waals surface area (Å²) in [6.07, 6.45) is 1.16. The van der Waals surface area contributed by atoms with Crippen molar-refractivity contribution in [3.05, 3.63) is 47.5 Å². The van der Waals surface area contributed by atoms with E-state index in [0.717, 1.165) is 4.90 Å². The van der Waals surface area contributed by atoms with Crippen molar-refractivity contribution < 1.29 is 9.32 Å². The Kier molecular flexibility index (Phi) is 5.05. The molecule has 0 spiro atoms. The van der Waals surface area contributed by atoms with E-state index >= 15 is 0 Å². The second kappa shape index (κ2) is 6.36. The molecule has 0 fully saturated rings. The molecule has 3 heteroatoms. The van der Waals surface area contributed by atoms with Crippen LogP contribution in [0.3, 0.4) is 0 Å². The van der Waals surface area contributed by atoms with Gasteiger partial charge in [-0.15, -0.1) is 5.73 Å². The summed E-state index contributed by atoms with van der Waals surface area (Å²) >= 11 is 0. The monoisotopic (exact) mass is 222 g/mol. The van der Waals surface area contributed by atoms with Crippen LogP contribution < -0.4 is 0 Å². The fraction of sp³-hybridized carbons (Fsp3) is 0.250. The molecule has 0 aliphatic heterocycles. The summed E-state index contributed by atoms with van der Waals surface area (Å²) in [5.41, 5.74) is 2.69. The summed E-state index contributed by atoms with van der Waals surface area (Å²) in [5, 5.41) is 8.70. The molecule has 0 saturated carbocycles. The maximum atomic E-state index is 12.0. The van der Waals surface area contributed by atoms with E-state index in [-0.39, 0.29) is 6.61 Å². The fourth-order valence-electron chi connectivity index (χ4n) is 1.17. The van der Waals surface area contributed by atoms with Gasteiger partial charge in [-0.2, -0.15) is 0 Å². The van der Waals surface area contributed by atoms with E-state index in [1.165, 1.54) is 0 Å². The highest BCUT2D eigenvalue weighted by Crippen LogP contribution is 2.16. The second-order valence-electron chi connectivity index (χ2n) is 3.01. The lowest BCUT2D eigenvalue weighted by Crippen LogP contribution is -1.96. The summed E-state index contributed by atoms with van der Waals surface area (Å²) < 4.78 is 12.0. The number of aliphatic hydroxyl groups is 1. The third-order valence-electron chi connectivity index (χ3n) is 1.94. The molecule has 0 saturated heterocycles. The Hall–Kier alpha value is -1.15. The normalized spacial score (nSPS) is 11.8. The van der Waals surface area contributed by atoms with Gasteiger partial charge in [0.25, 0.3) is 0 Å². The molecule has 0 bridgehead atoms. The molecule has 0 radical (unpaired) electrons. The standard InChI is InChI=1S/C12H14O2S/c1-2-11(9-6-10-13)15(14)12-7-4-3-5-8-12/h3-5,7-8,13H,1,6,9-10H2. The van der Waals surface area contributed by atoms with Crippen LogP contribution in [0.5, 0.6) is 0 Å². The van der Waals surface area contributed by atoms with Gasteiger partial charge in [0.05, 0.1) is 15.7 Å². The van der Waals surface area contributed by atoms with Gasteiger partial charge in [0.15, 0.2) is 0 Å². The van der Waals surface area contributed by atoms with Gasteiger partial charge >= 0.3 is 0 Å². The number of allylic oxidation sites excluding steroid dienone is 1. The number of aliphatic hydroxyl groups excluding tert-OH is 1. The quantitative estimate of drug-likeness (QED) is 0.776. The molecule has 15 heavy (non-hydrogen) atoms. The van der Waals surface area contributed by atoms with Crippen LogP contribution in [0.2, 0.25) is 0 Å². The van der Waals surface area contributed by atoms with E-state index in [2.05, 4.69) is 12.3 Å². The lowest BCUT2D eigenvalue weighted by atomic mass is 10.3. The molecule has 0 amide bonds. The maximum Gasteiger partial charge on any atom is 0.0886 e. The Morgan fingerprint density at radius 1 is 1.40 bits per heavy atom. The van der Waals surface area contributed by atoms with E-state index in [9.17, 15) is 4.21 Å². The predicted molar refractivity (Wildman–Crippen MR) is 61.8 cm³/mol. The maximum absolute atomic E-state index is 12.0. The molecular weight excluding hydrogens is 208 g/mol. The highest BCUT2D eigenvalue weighted by molar-refractivity contribution is 7.89. The first-order chi connectivity index (χ1) is 7.29. The Morgan fingerprint density at radius 3 is 2.60 bits per heavy atom. The van der Waals surface area contributed by atoms with Gasteiger partial charge in [-0.05, 0) is 25.0 Å². The summed E-state index contributed by atoms with van der Waals surface area (Å²) in [7, 11) is -1.19. The van der Waals surface area contributed by atoms with E-state index in [4.69, 9.17) is 5.11 Å². The first kappa shape index (κ1) is 11.9. The minimum atomic E-state index is -1.19. The number of rotatable bonds is 5. The zero-order valence-corrected chi connectivity index (χ0v) is 9.30. The molecule has 0 heterocycles. The highest BCUT2D eigenvalue weighted by Gasteiger charge is 2.08. The van der Waals surface area contributed by atoms with Crippen LogP contribution in [-0.4, -0.2) is 15.9 Å². The minimum absolute atomic E-state index is 0.0944. The summed E-state index contributed by atoms with van der Waals surface area (Å²) in [6, 6.07) is 9.20. The van der Waals surface area contributed by atoms with Crippen molar-refractivity contribution in [2.45, 2.75) is 17.7 Å². The molecule has 0 aliphatic carbocycles. The molecular formula is C12H14O2S. The molecule has 1 N–H and O–H groups in total. The van der Waals surface area contributed by atoms with Gasteiger partial charge in [-0.1, -0.05) is 24.8 Å². The first-order valence-electron chi connectivity index (χ1n) is 4.76. The first-order valence-corrected chi connectivity index (χ1v) is 5.91. The molecule has 1 aromatic carbocycles. The van der Waals surface area contributed by atoms with Gasteiger partial charge in [0, 0.05) is 11.5 Å². The number of hydrogen-bond acceptors (Lipinski definition) is 2. The van der Waals surface area contributed by atoms with Gasteiger partial charge in [-0.3, -0.25) is 0 Å².